The molecule has 3 aliphatic rings. The topological polar surface area (TPSA) is 64.9 Å². The van der Waals surface area contributed by atoms with Gasteiger partial charge in [0.2, 0.25) is 11.7 Å². The van der Waals surface area contributed by atoms with Crippen LogP contribution in [0.15, 0.2) is 28.8 Å². The first kappa shape index (κ1) is 10.9. The zero-order valence-electron chi connectivity index (χ0n) is 11.2. The fraction of sp³-hybridized carbons (Fsp3) is 0.500. The maximum absolute atomic E-state index is 5.98. The quantitative estimate of drug-likeness (QED) is 0.849. The van der Waals surface area contributed by atoms with E-state index in [-0.39, 0.29) is 0 Å². The minimum atomic E-state index is 0.535. The van der Waals surface area contributed by atoms with Gasteiger partial charge in [-0.25, -0.2) is 0 Å². The Balaban J connectivity index is 1.47. The molecule has 20 heavy (non-hydrogen) atoms. The van der Waals surface area contributed by atoms with Crippen molar-refractivity contribution in [1.29, 1.82) is 0 Å². The Kier molecular flexibility index (Phi) is 1.97. The Morgan fingerprint density at radius 1 is 1.10 bits per heavy atom. The summed E-state index contributed by atoms with van der Waals surface area (Å²) in [5, 5.41) is 4.14. The molecular formula is C16H17N3O. The molecule has 102 valence electrons. The van der Waals surface area contributed by atoms with Gasteiger partial charge in [-0.15, -0.1) is 0 Å². The summed E-state index contributed by atoms with van der Waals surface area (Å²) in [6, 6.07) is 7.69. The average molecular weight is 267 g/mol. The van der Waals surface area contributed by atoms with Crippen molar-refractivity contribution < 1.29 is 4.52 Å². The second kappa shape index (κ2) is 3.62. The van der Waals surface area contributed by atoms with Crippen LogP contribution in [0.2, 0.25) is 0 Å². The van der Waals surface area contributed by atoms with Crippen LogP contribution in [0.1, 0.15) is 31.1 Å². The molecule has 1 aromatic heterocycles. The van der Waals surface area contributed by atoms with Crippen LogP contribution in [-0.2, 0) is 0 Å². The minimum absolute atomic E-state index is 0.535. The van der Waals surface area contributed by atoms with Gasteiger partial charge in [0, 0.05) is 17.2 Å². The summed E-state index contributed by atoms with van der Waals surface area (Å²) in [6.45, 7) is 0. The van der Waals surface area contributed by atoms with E-state index in [0.29, 0.717) is 17.4 Å². The molecule has 4 nitrogen and oxygen atoms in total. The molecule has 1 aromatic carbocycles. The second-order valence-corrected chi connectivity index (χ2v) is 6.56. The summed E-state index contributed by atoms with van der Waals surface area (Å²) in [7, 11) is 0. The van der Waals surface area contributed by atoms with E-state index in [1.807, 2.05) is 24.3 Å². The molecule has 0 saturated heterocycles. The molecule has 3 fully saturated rings. The van der Waals surface area contributed by atoms with Crippen LogP contribution >= 0.6 is 0 Å². The van der Waals surface area contributed by atoms with Gasteiger partial charge >= 0.3 is 0 Å². The zero-order valence-corrected chi connectivity index (χ0v) is 11.2. The number of para-hydroxylation sites is 1. The highest BCUT2D eigenvalue weighted by Gasteiger charge is 2.67. The Morgan fingerprint density at radius 2 is 1.85 bits per heavy atom. The molecule has 4 atom stereocenters. The van der Waals surface area contributed by atoms with Gasteiger partial charge in [0.15, 0.2) is 0 Å². The van der Waals surface area contributed by atoms with Gasteiger partial charge in [-0.3, -0.25) is 0 Å². The standard InChI is InChI=1S/C16H17N3O/c17-11-4-2-1-3-10(11)15-18-16(20-19-15)14-12-8-5-6-9(7-8)13(12)14/h1-4,8-9,12-14H,5-7,17H2. The van der Waals surface area contributed by atoms with E-state index in [9.17, 15) is 0 Å². The third-order valence-corrected chi connectivity index (χ3v) is 5.66. The molecule has 0 spiro atoms. The molecule has 2 bridgehead atoms. The fourth-order valence-corrected chi connectivity index (χ4v) is 4.84. The first-order valence-electron chi connectivity index (χ1n) is 7.51. The van der Waals surface area contributed by atoms with E-state index in [4.69, 9.17) is 10.3 Å². The number of fused-ring (bicyclic) bond motifs is 5. The Labute approximate surface area is 117 Å². The van der Waals surface area contributed by atoms with Gasteiger partial charge < -0.3 is 10.3 Å². The lowest BCUT2D eigenvalue weighted by Crippen LogP contribution is -1.97. The molecule has 3 aliphatic carbocycles. The number of hydrogen-bond donors (Lipinski definition) is 1. The summed E-state index contributed by atoms with van der Waals surface area (Å²) in [4.78, 5) is 4.62. The van der Waals surface area contributed by atoms with Crippen molar-refractivity contribution >= 4 is 5.69 Å². The van der Waals surface area contributed by atoms with E-state index in [1.54, 1.807) is 0 Å². The van der Waals surface area contributed by atoms with E-state index in [0.717, 1.165) is 35.1 Å². The normalized spacial score (nSPS) is 37.1. The third kappa shape index (κ3) is 1.31. The number of nitrogens with two attached hydrogens (primary N) is 1. The lowest BCUT2D eigenvalue weighted by atomic mass is 10.0. The highest BCUT2D eigenvalue weighted by Crippen LogP contribution is 2.72. The summed E-state index contributed by atoms with van der Waals surface area (Å²) in [6.07, 6.45) is 4.27. The maximum atomic E-state index is 5.98. The number of hydrogen-bond acceptors (Lipinski definition) is 4. The van der Waals surface area contributed by atoms with Gasteiger partial charge in [0.1, 0.15) is 0 Å². The lowest BCUT2D eigenvalue weighted by molar-refractivity contribution is 0.356. The predicted molar refractivity (Wildman–Crippen MR) is 74.7 cm³/mol. The van der Waals surface area contributed by atoms with Gasteiger partial charge in [0.25, 0.3) is 0 Å². The van der Waals surface area contributed by atoms with Crippen molar-refractivity contribution in [2.45, 2.75) is 25.2 Å². The molecule has 3 saturated carbocycles. The number of nitrogen functional groups attached to an aromatic ring is 1. The predicted octanol–water partition coefficient (Wildman–Crippen LogP) is 3.08. The Hall–Kier alpha value is -1.84. The van der Waals surface area contributed by atoms with Crippen molar-refractivity contribution in [3.05, 3.63) is 30.2 Å². The molecule has 0 radical (unpaired) electrons. The number of nitrogens with zero attached hydrogens (tertiary/aromatic N) is 2. The number of aromatic nitrogens is 2. The first-order chi connectivity index (χ1) is 9.83. The SMILES string of the molecule is Nc1ccccc1-c1noc(C2C3C4CCC(C4)C23)n1. The zero-order chi connectivity index (χ0) is 13.3. The maximum Gasteiger partial charge on any atom is 0.230 e. The average Bonchev–Trinajstić information content (AvgIpc) is 2.88. The third-order valence-electron chi connectivity index (χ3n) is 5.66. The monoisotopic (exact) mass is 267 g/mol. The van der Waals surface area contributed by atoms with Gasteiger partial charge in [0.05, 0.1) is 0 Å². The molecule has 2 aromatic rings. The highest BCUT2D eigenvalue weighted by atomic mass is 16.5. The lowest BCUT2D eigenvalue weighted by Gasteiger charge is -2.04. The number of benzene rings is 1. The molecule has 2 N–H and O–H groups in total. The van der Waals surface area contributed by atoms with E-state index in [2.05, 4.69) is 10.1 Å². The number of anilines is 1. The summed E-state index contributed by atoms with van der Waals surface area (Å²) in [5.41, 5.74) is 7.55. The molecular weight excluding hydrogens is 250 g/mol. The van der Waals surface area contributed by atoms with Crippen LogP contribution in [-0.4, -0.2) is 10.1 Å². The molecule has 5 rings (SSSR count). The summed E-state index contributed by atoms with van der Waals surface area (Å²) in [5.74, 6) is 5.52. The smallest absolute Gasteiger partial charge is 0.230 e. The van der Waals surface area contributed by atoms with Crippen LogP contribution in [0, 0.1) is 23.7 Å². The number of rotatable bonds is 2. The van der Waals surface area contributed by atoms with Crippen molar-refractivity contribution in [2.24, 2.45) is 23.7 Å². The van der Waals surface area contributed by atoms with Crippen LogP contribution in [0.3, 0.4) is 0 Å². The van der Waals surface area contributed by atoms with Crippen LogP contribution < -0.4 is 5.73 Å². The van der Waals surface area contributed by atoms with Crippen molar-refractivity contribution in [1.82, 2.24) is 10.1 Å². The summed E-state index contributed by atoms with van der Waals surface area (Å²) < 4.78 is 5.54. The largest absolute Gasteiger partial charge is 0.398 e. The fourth-order valence-electron chi connectivity index (χ4n) is 4.84. The Morgan fingerprint density at radius 3 is 2.60 bits per heavy atom. The van der Waals surface area contributed by atoms with Gasteiger partial charge in [-0.05, 0) is 55.1 Å². The van der Waals surface area contributed by atoms with Gasteiger partial charge in [-0.1, -0.05) is 17.3 Å². The van der Waals surface area contributed by atoms with E-state index >= 15 is 0 Å². The molecule has 0 amide bonds. The first-order valence-corrected chi connectivity index (χ1v) is 7.51. The van der Waals surface area contributed by atoms with E-state index < -0.39 is 0 Å². The van der Waals surface area contributed by atoms with Crippen molar-refractivity contribution in [2.75, 3.05) is 5.73 Å². The van der Waals surface area contributed by atoms with Crippen molar-refractivity contribution in [3.63, 3.8) is 0 Å². The minimum Gasteiger partial charge on any atom is -0.398 e. The van der Waals surface area contributed by atoms with Crippen molar-refractivity contribution in [3.8, 4) is 11.4 Å². The van der Waals surface area contributed by atoms with E-state index in [1.165, 1.54) is 19.3 Å². The highest BCUT2D eigenvalue weighted by molar-refractivity contribution is 5.70. The molecule has 4 heteroatoms. The summed E-state index contributed by atoms with van der Waals surface area (Å²) >= 11 is 0. The van der Waals surface area contributed by atoms with Crippen LogP contribution in [0.5, 0.6) is 0 Å². The second-order valence-electron chi connectivity index (χ2n) is 6.56. The molecule has 1 heterocycles. The van der Waals surface area contributed by atoms with Crippen LogP contribution in [0.25, 0.3) is 11.4 Å². The Bertz CT molecular complexity index is 664. The molecule has 0 aliphatic heterocycles. The van der Waals surface area contributed by atoms with Crippen LogP contribution in [0.4, 0.5) is 5.69 Å². The molecule has 4 unspecified atom stereocenters. The van der Waals surface area contributed by atoms with Gasteiger partial charge in [-0.2, -0.15) is 4.98 Å².